The summed E-state index contributed by atoms with van der Waals surface area (Å²) in [6.07, 6.45) is -18.1. The summed E-state index contributed by atoms with van der Waals surface area (Å²) in [4.78, 5) is 0. The molecule has 1 aliphatic rings. The fourth-order valence-electron chi connectivity index (χ4n) is 3.18. The Kier molecular flexibility index (Phi) is 6.30. The molecular weight excluding hydrogens is 443 g/mol. The molecule has 0 N–H and O–H groups in total. The lowest BCUT2D eigenvalue weighted by atomic mass is 9.96. The van der Waals surface area contributed by atoms with Gasteiger partial charge in [0.1, 0.15) is 0 Å². The summed E-state index contributed by atoms with van der Waals surface area (Å²) < 4.78 is 127. The Labute approximate surface area is 170 Å². The van der Waals surface area contributed by atoms with Crippen LogP contribution in [0.2, 0.25) is 0 Å². The van der Waals surface area contributed by atoms with Crippen molar-refractivity contribution in [1.29, 1.82) is 0 Å². The Morgan fingerprint density at radius 3 is 1.65 bits per heavy atom. The minimum Gasteiger partial charge on any atom is -0.371 e. The van der Waals surface area contributed by atoms with Gasteiger partial charge in [0.05, 0.1) is 30.4 Å². The zero-order chi connectivity index (χ0) is 23.0. The van der Waals surface area contributed by atoms with Crippen LogP contribution in [0.5, 0.6) is 0 Å². The number of halogens is 9. The van der Waals surface area contributed by atoms with Gasteiger partial charge in [-0.15, -0.1) is 0 Å². The van der Waals surface area contributed by atoms with Crippen LogP contribution < -0.4 is 0 Å². The molecule has 3 rings (SSSR count). The average Bonchev–Trinajstić information content (AvgIpc) is 2.93. The van der Waals surface area contributed by atoms with Gasteiger partial charge in [0.25, 0.3) is 0 Å². The summed E-state index contributed by atoms with van der Waals surface area (Å²) in [5.41, 5.74) is -2.91. The van der Waals surface area contributed by atoms with Crippen molar-refractivity contribution in [3.8, 4) is 11.1 Å². The van der Waals surface area contributed by atoms with Gasteiger partial charge in [0, 0.05) is 6.42 Å². The lowest BCUT2D eigenvalue weighted by Crippen LogP contribution is -2.32. The molecule has 2 aromatic carbocycles. The van der Waals surface area contributed by atoms with Crippen LogP contribution in [-0.4, -0.2) is 25.5 Å². The van der Waals surface area contributed by atoms with Gasteiger partial charge >= 0.3 is 18.5 Å². The minimum absolute atomic E-state index is 0.0223. The molecule has 0 radical (unpaired) electrons. The third-order valence-corrected chi connectivity index (χ3v) is 4.72. The lowest BCUT2D eigenvalue weighted by Gasteiger charge is -2.22. The lowest BCUT2D eigenvalue weighted by molar-refractivity contribution is -0.220. The van der Waals surface area contributed by atoms with Crippen molar-refractivity contribution >= 4 is 0 Å². The topological polar surface area (TPSA) is 18.5 Å². The van der Waals surface area contributed by atoms with Gasteiger partial charge in [-0.05, 0) is 34.9 Å². The highest BCUT2D eigenvalue weighted by molar-refractivity contribution is 5.66. The molecular formula is C20H15F9O2. The van der Waals surface area contributed by atoms with Gasteiger partial charge in [0.2, 0.25) is 0 Å². The summed E-state index contributed by atoms with van der Waals surface area (Å²) >= 11 is 0. The number of hydrogen-bond acceptors (Lipinski definition) is 2. The molecule has 1 saturated heterocycles. The smallest absolute Gasteiger partial charge is 0.371 e. The summed E-state index contributed by atoms with van der Waals surface area (Å²) in [6.45, 7) is -0.356. The van der Waals surface area contributed by atoms with Crippen LogP contribution in [0.25, 0.3) is 11.1 Å². The van der Waals surface area contributed by atoms with Crippen LogP contribution in [-0.2, 0) is 21.8 Å². The van der Waals surface area contributed by atoms with E-state index in [1.165, 1.54) is 24.3 Å². The maximum Gasteiger partial charge on any atom is 0.416 e. The van der Waals surface area contributed by atoms with E-state index in [0.29, 0.717) is 17.7 Å². The molecule has 0 saturated carbocycles. The van der Waals surface area contributed by atoms with Crippen LogP contribution in [0.15, 0.2) is 42.5 Å². The number of benzene rings is 2. The average molecular weight is 458 g/mol. The van der Waals surface area contributed by atoms with Crippen molar-refractivity contribution < 1.29 is 49.0 Å². The van der Waals surface area contributed by atoms with E-state index in [-0.39, 0.29) is 30.4 Å². The minimum atomic E-state index is -4.99. The Hall–Kier alpha value is -2.27. The molecule has 31 heavy (non-hydrogen) atoms. The standard InChI is InChI=1S/C20H15F9O2/c21-18(22,23)14-7-13(8-15(9-14)19(24,25)26)11-1-3-12(4-2-11)16-10-17(20(27,28)29)31-6-5-30-16/h1-4,7-9,16-17H,5-6,10H2. The molecule has 11 heteroatoms. The van der Waals surface area contributed by atoms with Gasteiger partial charge in [-0.2, -0.15) is 39.5 Å². The van der Waals surface area contributed by atoms with Crippen molar-refractivity contribution in [2.75, 3.05) is 13.2 Å². The van der Waals surface area contributed by atoms with E-state index in [0.717, 1.165) is 0 Å². The molecule has 1 aliphatic heterocycles. The Morgan fingerprint density at radius 1 is 0.645 bits per heavy atom. The maximum absolute atomic E-state index is 13.0. The zero-order valence-electron chi connectivity index (χ0n) is 15.5. The summed E-state index contributed by atoms with van der Waals surface area (Å²) in [6, 6.07) is 6.29. The van der Waals surface area contributed by atoms with Crippen molar-refractivity contribution in [2.24, 2.45) is 0 Å². The maximum atomic E-state index is 13.0. The normalized spacial score (nSPS) is 21.1. The highest BCUT2D eigenvalue weighted by Gasteiger charge is 2.43. The van der Waals surface area contributed by atoms with E-state index >= 15 is 0 Å². The molecule has 0 bridgehead atoms. The molecule has 0 amide bonds. The van der Waals surface area contributed by atoms with Crippen LogP contribution in [0.1, 0.15) is 29.2 Å². The van der Waals surface area contributed by atoms with E-state index < -0.39 is 48.3 Å². The SMILES string of the molecule is FC(F)(F)c1cc(-c2ccc(C3CC(C(F)(F)F)OCCO3)cc2)cc(C(F)(F)F)c1. The third-order valence-electron chi connectivity index (χ3n) is 4.72. The van der Waals surface area contributed by atoms with Crippen molar-refractivity contribution in [2.45, 2.75) is 37.2 Å². The number of ether oxygens (including phenoxy) is 2. The molecule has 2 unspecified atom stereocenters. The van der Waals surface area contributed by atoms with Crippen LogP contribution in [0.3, 0.4) is 0 Å². The number of hydrogen-bond donors (Lipinski definition) is 0. The Balaban J connectivity index is 1.92. The first-order valence-electron chi connectivity index (χ1n) is 8.95. The van der Waals surface area contributed by atoms with Gasteiger partial charge in [-0.3, -0.25) is 0 Å². The third kappa shape index (κ3) is 5.70. The van der Waals surface area contributed by atoms with Crippen LogP contribution >= 0.6 is 0 Å². The second kappa shape index (κ2) is 8.34. The molecule has 0 spiro atoms. The summed E-state index contributed by atoms with van der Waals surface area (Å²) in [5.74, 6) is 0. The van der Waals surface area contributed by atoms with Gasteiger partial charge < -0.3 is 9.47 Å². The Morgan fingerprint density at radius 2 is 1.16 bits per heavy atom. The van der Waals surface area contributed by atoms with Crippen molar-refractivity contribution in [3.63, 3.8) is 0 Å². The highest BCUT2D eigenvalue weighted by Crippen LogP contribution is 2.39. The van der Waals surface area contributed by atoms with Crippen LogP contribution in [0.4, 0.5) is 39.5 Å². The van der Waals surface area contributed by atoms with Crippen LogP contribution in [0, 0.1) is 0 Å². The van der Waals surface area contributed by atoms with E-state index in [1.807, 2.05) is 0 Å². The zero-order valence-corrected chi connectivity index (χ0v) is 15.5. The first-order chi connectivity index (χ1) is 14.2. The van der Waals surface area contributed by atoms with Gasteiger partial charge in [-0.25, -0.2) is 0 Å². The summed E-state index contributed by atoms with van der Waals surface area (Å²) in [5, 5.41) is 0. The largest absolute Gasteiger partial charge is 0.416 e. The fourth-order valence-corrected chi connectivity index (χ4v) is 3.18. The molecule has 2 atom stereocenters. The Bertz CT molecular complexity index is 867. The second-order valence-corrected chi connectivity index (χ2v) is 6.91. The number of alkyl halides is 9. The molecule has 1 fully saturated rings. The predicted octanol–water partition coefficient (Wildman–Crippen LogP) is 6.80. The van der Waals surface area contributed by atoms with E-state index in [9.17, 15) is 39.5 Å². The quantitative estimate of drug-likeness (QED) is 0.461. The van der Waals surface area contributed by atoms with Crippen molar-refractivity contribution in [1.82, 2.24) is 0 Å². The molecule has 1 heterocycles. The summed E-state index contributed by atoms with van der Waals surface area (Å²) in [7, 11) is 0. The number of rotatable bonds is 2. The first kappa shape index (κ1) is 23.4. The first-order valence-corrected chi connectivity index (χ1v) is 8.95. The van der Waals surface area contributed by atoms with E-state index in [4.69, 9.17) is 9.47 Å². The van der Waals surface area contributed by atoms with Crippen molar-refractivity contribution in [3.05, 3.63) is 59.2 Å². The predicted molar refractivity (Wildman–Crippen MR) is 91.0 cm³/mol. The molecule has 0 aromatic heterocycles. The monoisotopic (exact) mass is 458 g/mol. The van der Waals surface area contributed by atoms with E-state index in [2.05, 4.69) is 0 Å². The van der Waals surface area contributed by atoms with Gasteiger partial charge in [0.15, 0.2) is 6.10 Å². The molecule has 2 nitrogen and oxygen atoms in total. The fraction of sp³-hybridized carbons (Fsp3) is 0.400. The highest BCUT2D eigenvalue weighted by atomic mass is 19.4. The van der Waals surface area contributed by atoms with E-state index in [1.54, 1.807) is 0 Å². The molecule has 170 valence electrons. The molecule has 0 aliphatic carbocycles. The van der Waals surface area contributed by atoms with Gasteiger partial charge in [-0.1, -0.05) is 24.3 Å². The molecule has 2 aromatic rings. The second-order valence-electron chi connectivity index (χ2n) is 6.91.